The predicted octanol–water partition coefficient (Wildman–Crippen LogP) is 1.76. The number of aromatic nitrogens is 3. The summed E-state index contributed by atoms with van der Waals surface area (Å²) in [4.78, 5) is 0. The third-order valence-electron chi connectivity index (χ3n) is 1.83. The molecule has 0 bridgehead atoms. The molecule has 0 N–H and O–H groups in total. The van der Waals surface area contributed by atoms with Crippen LogP contribution in [0.4, 0.5) is 8.78 Å². The molecule has 0 radical (unpaired) electrons. The largest absolute Gasteiger partial charge is 0.317 e. The van der Waals surface area contributed by atoms with Crippen LogP contribution >= 0.6 is 0 Å². The molecule has 0 atom stereocenters. The molecule has 2 aromatic rings. The zero-order valence-electron chi connectivity index (χ0n) is 7.41. The van der Waals surface area contributed by atoms with Gasteiger partial charge in [0, 0.05) is 18.7 Å². The molecule has 2 rings (SSSR count). The Bertz CT molecular complexity index is 445. The number of halogens is 2. The maximum Gasteiger partial charge on any atom is 0.163 e. The Morgan fingerprint density at radius 3 is 2.29 bits per heavy atom. The van der Waals surface area contributed by atoms with E-state index in [9.17, 15) is 8.78 Å². The second-order valence-corrected chi connectivity index (χ2v) is 2.92. The smallest absolute Gasteiger partial charge is 0.163 e. The molecule has 3 nitrogen and oxygen atoms in total. The minimum atomic E-state index is -0.622. The van der Waals surface area contributed by atoms with Gasteiger partial charge >= 0.3 is 0 Å². The normalized spacial score (nSPS) is 10.5. The predicted molar refractivity (Wildman–Crippen MR) is 46.4 cm³/mol. The molecule has 0 aliphatic rings. The maximum atomic E-state index is 12.9. The van der Waals surface area contributed by atoms with Gasteiger partial charge in [-0.05, 0) is 12.1 Å². The Balaban J connectivity index is 2.57. The summed E-state index contributed by atoms with van der Waals surface area (Å²) in [5, 5.41) is 7.37. The molecule has 0 fully saturated rings. The Hall–Kier alpha value is -1.78. The van der Waals surface area contributed by atoms with E-state index in [4.69, 9.17) is 0 Å². The summed E-state index contributed by atoms with van der Waals surface area (Å²) in [6, 6.07) is 3.25. The highest BCUT2D eigenvalue weighted by Crippen LogP contribution is 2.18. The van der Waals surface area contributed by atoms with Crippen molar-refractivity contribution >= 4 is 0 Å². The third kappa shape index (κ3) is 1.48. The van der Waals surface area contributed by atoms with E-state index in [-0.39, 0.29) is 0 Å². The standard InChI is InChI=1S/C9H7F2N3/c1-14-5-12-13-9(14)6-2-7(10)4-8(11)3-6/h2-5H,1H3. The molecule has 0 aliphatic carbocycles. The van der Waals surface area contributed by atoms with Crippen molar-refractivity contribution in [3.63, 3.8) is 0 Å². The first-order valence-corrected chi connectivity index (χ1v) is 3.97. The van der Waals surface area contributed by atoms with Gasteiger partial charge < -0.3 is 4.57 Å². The molecule has 0 unspecified atom stereocenters. The van der Waals surface area contributed by atoms with E-state index in [2.05, 4.69) is 10.2 Å². The highest BCUT2D eigenvalue weighted by Gasteiger charge is 2.07. The van der Waals surface area contributed by atoms with Gasteiger partial charge in [0.05, 0.1) is 0 Å². The van der Waals surface area contributed by atoms with E-state index in [1.165, 1.54) is 18.5 Å². The Kier molecular flexibility index (Phi) is 1.99. The number of hydrogen-bond donors (Lipinski definition) is 0. The molecule has 0 amide bonds. The summed E-state index contributed by atoms with van der Waals surface area (Å²) in [6.45, 7) is 0. The third-order valence-corrected chi connectivity index (χ3v) is 1.83. The second-order valence-electron chi connectivity index (χ2n) is 2.92. The molecule has 1 heterocycles. The van der Waals surface area contributed by atoms with Crippen molar-refractivity contribution in [3.05, 3.63) is 36.2 Å². The summed E-state index contributed by atoms with van der Waals surface area (Å²) >= 11 is 0. The zero-order chi connectivity index (χ0) is 10.1. The van der Waals surface area contributed by atoms with Gasteiger partial charge in [0.1, 0.15) is 18.0 Å². The van der Waals surface area contributed by atoms with E-state index in [0.29, 0.717) is 11.4 Å². The van der Waals surface area contributed by atoms with Crippen molar-refractivity contribution < 1.29 is 8.78 Å². The highest BCUT2D eigenvalue weighted by atomic mass is 19.1. The molecule has 72 valence electrons. The average molecular weight is 195 g/mol. The fourth-order valence-electron chi connectivity index (χ4n) is 1.23. The van der Waals surface area contributed by atoms with Crippen LogP contribution in [-0.2, 0) is 7.05 Å². The van der Waals surface area contributed by atoms with E-state index >= 15 is 0 Å². The molecule has 0 spiro atoms. The first-order chi connectivity index (χ1) is 6.66. The van der Waals surface area contributed by atoms with Gasteiger partial charge in [0.2, 0.25) is 0 Å². The lowest BCUT2D eigenvalue weighted by molar-refractivity contribution is 0.583. The van der Waals surface area contributed by atoms with Crippen LogP contribution in [0, 0.1) is 11.6 Å². The molecular formula is C9H7F2N3. The molecule has 1 aromatic carbocycles. The monoisotopic (exact) mass is 195 g/mol. The molecule has 5 heteroatoms. The first-order valence-electron chi connectivity index (χ1n) is 3.97. The van der Waals surface area contributed by atoms with Crippen molar-refractivity contribution in [2.24, 2.45) is 7.05 Å². The number of aryl methyl sites for hydroxylation is 1. The minimum Gasteiger partial charge on any atom is -0.317 e. The van der Waals surface area contributed by atoms with Crippen molar-refractivity contribution in [1.29, 1.82) is 0 Å². The minimum absolute atomic E-state index is 0.377. The Morgan fingerprint density at radius 2 is 1.79 bits per heavy atom. The molecule has 1 aromatic heterocycles. The zero-order valence-corrected chi connectivity index (χ0v) is 7.41. The summed E-state index contributed by atoms with van der Waals surface area (Å²) in [7, 11) is 1.71. The molecule has 0 saturated carbocycles. The molecule has 14 heavy (non-hydrogen) atoms. The van der Waals surface area contributed by atoms with Crippen molar-refractivity contribution in [1.82, 2.24) is 14.8 Å². The van der Waals surface area contributed by atoms with Crippen LogP contribution in [0.1, 0.15) is 0 Å². The fraction of sp³-hybridized carbons (Fsp3) is 0.111. The molecule has 0 aliphatic heterocycles. The van der Waals surface area contributed by atoms with Crippen LogP contribution in [-0.4, -0.2) is 14.8 Å². The van der Waals surface area contributed by atoms with Crippen LogP contribution in [0.3, 0.4) is 0 Å². The maximum absolute atomic E-state index is 12.9. The SMILES string of the molecule is Cn1cnnc1-c1cc(F)cc(F)c1. The first kappa shape index (κ1) is 8.80. The summed E-state index contributed by atoms with van der Waals surface area (Å²) in [5.41, 5.74) is 0.377. The van der Waals surface area contributed by atoms with Crippen LogP contribution in [0.15, 0.2) is 24.5 Å². The van der Waals surface area contributed by atoms with Gasteiger partial charge in [0.15, 0.2) is 5.82 Å². The summed E-state index contributed by atoms with van der Waals surface area (Å²) < 4.78 is 27.3. The summed E-state index contributed by atoms with van der Waals surface area (Å²) in [6.07, 6.45) is 1.47. The van der Waals surface area contributed by atoms with Gasteiger partial charge in [0.25, 0.3) is 0 Å². The van der Waals surface area contributed by atoms with Gasteiger partial charge in [-0.15, -0.1) is 10.2 Å². The number of rotatable bonds is 1. The number of hydrogen-bond acceptors (Lipinski definition) is 2. The van der Waals surface area contributed by atoms with Crippen molar-refractivity contribution in [2.75, 3.05) is 0 Å². The van der Waals surface area contributed by atoms with E-state index in [0.717, 1.165) is 6.07 Å². The number of benzene rings is 1. The van der Waals surface area contributed by atoms with Gasteiger partial charge in [-0.25, -0.2) is 8.78 Å². The Morgan fingerprint density at radius 1 is 1.14 bits per heavy atom. The lowest BCUT2D eigenvalue weighted by atomic mass is 10.2. The Labute approximate surface area is 79.0 Å². The fourth-order valence-corrected chi connectivity index (χ4v) is 1.23. The highest BCUT2D eigenvalue weighted by molar-refractivity contribution is 5.54. The van der Waals surface area contributed by atoms with Gasteiger partial charge in [-0.3, -0.25) is 0 Å². The van der Waals surface area contributed by atoms with E-state index in [1.807, 2.05) is 0 Å². The lowest BCUT2D eigenvalue weighted by Crippen LogP contribution is -1.92. The van der Waals surface area contributed by atoms with E-state index < -0.39 is 11.6 Å². The van der Waals surface area contributed by atoms with Gasteiger partial charge in [-0.1, -0.05) is 0 Å². The van der Waals surface area contributed by atoms with Crippen LogP contribution in [0.25, 0.3) is 11.4 Å². The van der Waals surface area contributed by atoms with Gasteiger partial charge in [-0.2, -0.15) is 0 Å². The van der Waals surface area contributed by atoms with Crippen LogP contribution in [0.5, 0.6) is 0 Å². The van der Waals surface area contributed by atoms with E-state index in [1.54, 1.807) is 11.6 Å². The van der Waals surface area contributed by atoms with Crippen molar-refractivity contribution in [3.8, 4) is 11.4 Å². The van der Waals surface area contributed by atoms with Crippen LogP contribution < -0.4 is 0 Å². The lowest BCUT2D eigenvalue weighted by Gasteiger charge is -2.00. The average Bonchev–Trinajstić information content (AvgIpc) is 2.49. The van der Waals surface area contributed by atoms with Crippen molar-refractivity contribution in [2.45, 2.75) is 0 Å². The number of nitrogens with zero attached hydrogens (tertiary/aromatic N) is 3. The van der Waals surface area contributed by atoms with Crippen LogP contribution in [0.2, 0.25) is 0 Å². The quantitative estimate of drug-likeness (QED) is 0.694. The molecule has 0 saturated heterocycles. The second kappa shape index (κ2) is 3.17. The summed E-state index contributed by atoms with van der Waals surface area (Å²) in [5.74, 6) is -0.811. The molecular weight excluding hydrogens is 188 g/mol. The topological polar surface area (TPSA) is 30.7 Å².